The topological polar surface area (TPSA) is 77.0 Å². The van der Waals surface area contributed by atoms with Gasteiger partial charge in [0.05, 0.1) is 5.69 Å². The Morgan fingerprint density at radius 3 is 2.80 bits per heavy atom. The number of nitrogens with zero attached hydrogens (tertiary/aromatic N) is 6. The molecule has 0 bridgehead atoms. The highest BCUT2D eigenvalue weighted by Gasteiger charge is 2.39. The summed E-state index contributed by atoms with van der Waals surface area (Å²) in [4.78, 5) is 31.8. The van der Waals surface area contributed by atoms with Gasteiger partial charge in [-0.15, -0.1) is 0 Å². The number of likely N-dealkylation sites (tertiary alicyclic amines) is 1. The van der Waals surface area contributed by atoms with Gasteiger partial charge in [-0.05, 0) is 30.2 Å². The molecule has 5 rings (SSSR count). The van der Waals surface area contributed by atoms with Crippen molar-refractivity contribution in [2.75, 3.05) is 24.7 Å². The van der Waals surface area contributed by atoms with E-state index in [9.17, 15) is 9.18 Å². The summed E-state index contributed by atoms with van der Waals surface area (Å²) in [5, 5.41) is 2.98. The molecule has 2 aromatic rings. The molecule has 3 aliphatic heterocycles. The lowest BCUT2D eigenvalue weighted by Crippen LogP contribution is -2.49. The van der Waals surface area contributed by atoms with Crippen LogP contribution in [0.25, 0.3) is 0 Å². The summed E-state index contributed by atoms with van der Waals surface area (Å²) in [7, 11) is 0. The standard InChI is InChI=1S/C21H22FN7O/c1-14-9-27(10-16-8-23-6-7-24-16)11-18(14)20-25-19-12-28(13-29(19)21(30)26-20)17-4-2-15(22)3-5-17/h2-8,12,14,18H,9-11,13H2,1H3,(H,25,26,30). The number of amides is 2. The van der Waals surface area contributed by atoms with Gasteiger partial charge in [0.25, 0.3) is 0 Å². The molecule has 0 radical (unpaired) electrons. The second-order valence-corrected chi connectivity index (χ2v) is 7.90. The van der Waals surface area contributed by atoms with Gasteiger partial charge in [-0.25, -0.2) is 14.2 Å². The molecule has 0 saturated carbocycles. The number of hydrogen-bond donors (Lipinski definition) is 1. The fraction of sp³-hybridized carbons (Fsp3) is 0.333. The minimum absolute atomic E-state index is 0.133. The highest BCUT2D eigenvalue weighted by molar-refractivity contribution is 6.02. The summed E-state index contributed by atoms with van der Waals surface area (Å²) >= 11 is 0. The van der Waals surface area contributed by atoms with E-state index in [2.05, 4.69) is 27.1 Å². The Morgan fingerprint density at radius 1 is 1.20 bits per heavy atom. The fourth-order valence-electron chi connectivity index (χ4n) is 4.22. The van der Waals surface area contributed by atoms with Crippen molar-refractivity contribution in [3.63, 3.8) is 0 Å². The van der Waals surface area contributed by atoms with Crippen molar-refractivity contribution in [1.29, 1.82) is 0 Å². The Hall–Kier alpha value is -3.33. The fourth-order valence-corrected chi connectivity index (χ4v) is 4.22. The van der Waals surface area contributed by atoms with Crippen molar-refractivity contribution in [3.8, 4) is 0 Å². The van der Waals surface area contributed by atoms with Gasteiger partial charge in [-0.2, -0.15) is 0 Å². The minimum Gasteiger partial charge on any atom is -0.326 e. The first-order valence-electron chi connectivity index (χ1n) is 9.95. The van der Waals surface area contributed by atoms with Gasteiger partial charge in [0, 0.05) is 56.0 Å². The van der Waals surface area contributed by atoms with Crippen LogP contribution in [0.5, 0.6) is 0 Å². The third-order valence-electron chi connectivity index (χ3n) is 5.76. The number of aromatic nitrogens is 2. The van der Waals surface area contributed by atoms with E-state index in [1.54, 1.807) is 35.6 Å². The number of aliphatic imine (C=N–C) groups is 1. The zero-order valence-electron chi connectivity index (χ0n) is 16.6. The van der Waals surface area contributed by atoms with E-state index >= 15 is 0 Å². The number of fused-ring (bicyclic) bond motifs is 1. The van der Waals surface area contributed by atoms with Crippen LogP contribution in [0.4, 0.5) is 14.9 Å². The number of carbonyl (C=O) groups is 1. The van der Waals surface area contributed by atoms with Crippen molar-refractivity contribution in [2.24, 2.45) is 16.8 Å². The molecular weight excluding hydrogens is 385 g/mol. The molecule has 0 spiro atoms. The van der Waals surface area contributed by atoms with Crippen molar-refractivity contribution in [3.05, 3.63) is 66.4 Å². The first-order chi connectivity index (χ1) is 14.6. The molecule has 154 valence electrons. The number of halogens is 1. The Bertz CT molecular complexity index is 1010. The summed E-state index contributed by atoms with van der Waals surface area (Å²) in [5.41, 5.74) is 1.74. The molecule has 3 aliphatic rings. The third kappa shape index (κ3) is 3.52. The maximum Gasteiger partial charge on any atom is 0.329 e. The number of anilines is 1. The first kappa shape index (κ1) is 18.7. The number of hydrogen-bond acceptors (Lipinski definition) is 6. The van der Waals surface area contributed by atoms with Crippen molar-refractivity contribution in [2.45, 2.75) is 13.5 Å². The molecule has 30 heavy (non-hydrogen) atoms. The van der Waals surface area contributed by atoms with Crippen LogP contribution < -0.4 is 10.2 Å². The molecule has 0 aliphatic carbocycles. The lowest BCUT2D eigenvalue weighted by molar-refractivity contribution is 0.216. The van der Waals surface area contributed by atoms with Gasteiger partial charge in [-0.1, -0.05) is 6.92 Å². The van der Waals surface area contributed by atoms with Crippen LogP contribution in [0, 0.1) is 17.7 Å². The molecule has 2 unspecified atom stereocenters. The van der Waals surface area contributed by atoms with E-state index in [4.69, 9.17) is 4.99 Å². The van der Waals surface area contributed by atoms with Crippen molar-refractivity contribution >= 4 is 17.6 Å². The summed E-state index contributed by atoms with van der Waals surface area (Å²) in [6.07, 6.45) is 6.99. The zero-order chi connectivity index (χ0) is 20.7. The molecule has 8 nitrogen and oxygen atoms in total. The lowest BCUT2D eigenvalue weighted by atomic mass is 9.96. The quantitative estimate of drug-likeness (QED) is 0.842. The summed E-state index contributed by atoms with van der Waals surface area (Å²) < 4.78 is 13.2. The highest BCUT2D eigenvalue weighted by atomic mass is 19.1. The number of amidine groups is 1. The van der Waals surface area contributed by atoms with E-state index in [0.717, 1.165) is 31.0 Å². The maximum absolute atomic E-state index is 13.2. The number of rotatable bonds is 4. The summed E-state index contributed by atoms with van der Waals surface area (Å²) in [5.74, 6) is 1.51. The number of nitrogens with one attached hydrogen (secondary N) is 1. The van der Waals surface area contributed by atoms with Crippen LogP contribution in [0.3, 0.4) is 0 Å². The van der Waals surface area contributed by atoms with E-state index < -0.39 is 0 Å². The molecule has 1 fully saturated rings. The Kier molecular flexibility index (Phi) is 4.66. The second kappa shape index (κ2) is 7.49. The van der Waals surface area contributed by atoms with Crippen LogP contribution in [-0.4, -0.2) is 51.4 Å². The Balaban J connectivity index is 1.33. The number of urea groups is 1. The normalized spacial score (nSPS) is 23.9. The summed E-state index contributed by atoms with van der Waals surface area (Å²) in [6, 6.07) is 6.01. The largest absolute Gasteiger partial charge is 0.329 e. The van der Waals surface area contributed by atoms with Gasteiger partial charge < -0.3 is 4.90 Å². The Labute approximate surface area is 173 Å². The number of carbonyl (C=O) groups excluding carboxylic acids is 1. The van der Waals surface area contributed by atoms with Gasteiger partial charge in [-0.3, -0.25) is 25.1 Å². The van der Waals surface area contributed by atoms with Crippen LogP contribution in [-0.2, 0) is 6.54 Å². The third-order valence-corrected chi connectivity index (χ3v) is 5.76. The van der Waals surface area contributed by atoms with Gasteiger partial charge >= 0.3 is 6.03 Å². The van der Waals surface area contributed by atoms with Crippen molar-refractivity contribution in [1.82, 2.24) is 25.1 Å². The average Bonchev–Trinajstić information content (AvgIpc) is 3.33. The molecular formula is C21H22FN7O. The molecule has 2 atom stereocenters. The van der Waals surface area contributed by atoms with E-state index in [1.165, 1.54) is 12.1 Å². The average molecular weight is 407 g/mol. The number of benzene rings is 1. The molecule has 1 aromatic carbocycles. The SMILES string of the molecule is CC1CN(Cc2cnccn2)CC1C1=NC2=CN(c3ccc(F)cc3)CN2C(=O)N1. The highest BCUT2D eigenvalue weighted by Crippen LogP contribution is 2.30. The lowest BCUT2D eigenvalue weighted by Gasteiger charge is -2.28. The van der Waals surface area contributed by atoms with Gasteiger partial charge in [0.15, 0.2) is 5.82 Å². The van der Waals surface area contributed by atoms with E-state index in [0.29, 0.717) is 24.2 Å². The van der Waals surface area contributed by atoms with Crippen LogP contribution in [0.1, 0.15) is 12.6 Å². The van der Waals surface area contributed by atoms with Crippen LogP contribution >= 0.6 is 0 Å². The molecule has 1 N–H and O–H groups in total. The zero-order valence-corrected chi connectivity index (χ0v) is 16.6. The minimum atomic E-state index is -0.289. The van der Waals surface area contributed by atoms with E-state index in [-0.39, 0.29) is 17.8 Å². The second-order valence-electron chi connectivity index (χ2n) is 7.90. The smallest absolute Gasteiger partial charge is 0.326 e. The maximum atomic E-state index is 13.2. The van der Waals surface area contributed by atoms with Gasteiger partial charge in [0.2, 0.25) is 0 Å². The predicted octanol–water partition coefficient (Wildman–Crippen LogP) is 2.38. The van der Waals surface area contributed by atoms with Crippen LogP contribution in [0.2, 0.25) is 0 Å². The molecule has 1 saturated heterocycles. The van der Waals surface area contributed by atoms with E-state index in [1.807, 2.05) is 11.1 Å². The monoisotopic (exact) mass is 407 g/mol. The molecule has 4 heterocycles. The van der Waals surface area contributed by atoms with Gasteiger partial charge in [0.1, 0.15) is 18.3 Å². The predicted molar refractivity (Wildman–Crippen MR) is 110 cm³/mol. The molecule has 9 heteroatoms. The van der Waals surface area contributed by atoms with Crippen LogP contribution in [0.15, 0.2) is 59.9 Å². The molecule has 2 amide bonds. The van der Waals surface area contributed by atoms with Crippen molar-refractivity contribution < 1.29 is 9.18 Å². The first-order valence-corrected chi connectivity index (χ1v) is 9.95. The Morgan fingerprint density at radius 2 is 2.03 bits per heavy atom. The summed E-state index contributed by atoms with van der Waals surface area (Å²) in [6.45, 7) is 4.95. The molecule has 1 aromatic heterocycles.